The number of hydrogen-bond acceptors (Lipinski definition) is 5. The monoisotopic (exact) mass is 370 g/mol. The highest BCUT2D eigenvalue weighted by Gasteiger charge is 2.28. The third-order valence-corrected chi connectivity index (χ3v) is 4.16. The zero-order chi connectivity index (χ0) is 18.5. The lowest BCUT2D eigenvalue weighted by Crippen LogP contribution is -2.32. The Kier molecular flexibility index (Phi) is 5.40. The smallest absolute Gasteiger partial charge is 0.313 e. The van der Waals surface area contributed by atoms with Crippen LogP contribution < -0.4 is 10.1 Å². The summed E-state index contributed by atoms with van der Waals surface area (Å²) in [5.74, 6) is -0.829. The second kappa shape index (κ2) is 7.89. The molecule has 0 unspecified atom stereocenters. The Balaban J connectivity index is 1.54. The molecule has 7 heteroatoms. The number of esters is 1. The molecule has 1 heterocycles. The van der Waals surface area contributed by atoms with Gasteiger partial charge in [-0.3, -0.25) is 9.59 Å². The van der Waals surface area contributed by atoms with Gasteiger partial charge in [0.05, 0.1) is 17.2 Å². The van der Waals surface area contributed by atoms with Crippen LogP contribution in [0.4, 0.5) is 5.69 Å². The zero-order valence-electron chi connectivity index (χ0n) is 13.7. The fourth-order valence-electron chi connectivity index (χ4n) is 2.64. The fraction of sp³-hybridized carbons (Fsp3) is 0.211. The molecular formula is C19H15ClN2O4. The van der Waals surface area contributed by atoms with E-state index in [2.05, 4.69) is 5.32 Å². The van der Waals surface area contributed by atoms with Gasteiger partial charge >= 0.3 is 5.97 Å². The van der Waals surface area contributed by atoms with Gasteiger partial charge in [0, 0.05) is 5.02 Å². The van der Waals surface area contributed by atoms with Crippen molar-refractivity contribution >= 4 is 29.2 Å². The van der Waals surface area contributed by atoms with Crippen LogP contribution in [0.25, 0.3) is 0 Å². The van der Waals surface area contributed by atoms with Crippen LogP contribution in [-0.4, -0.2) is 25.1 Å². The SMILES string of the molecule is N#Cc1ccccc1NC(=O)COC(=O)[C@H]1COc2ccc(Cl)cc2C1. The summed E-state index contributed by atoms with van der Waals surface area (Å²) in [4.78, 5) is 24.2. The molecule has 2 aromatic carbocycles. The number of para-hydroxylation sites is 1. The number of amides is 1. The van der Waals surface area contributed by atoms with E-state index in [0.29, 0.717) is 28.4 Å². The maximum absolute atomic E-state index is 12.2. The number of halogens is 1. The Morgan fingerprint density at radius 1 is 1.31 bits per heavy atom. The van der Waals surface area contributed by atoms with Crippen molar-refractivity contribution in [2.45, 2.75) is 6.42 Å². The number of anilines is 1. The van der Waals surface area contributed by atoms with Gasteiger partial charge in [0.2, 0.25) is 0 Å². The predicted octanol–water partition coefficient (Wildman–Crippen LogP) is 2.94. The number of carbonyl (C=O) groups is 2. The van der Waals surface area contributed by atoms with Gasteiger partial charge in [0.15, 0.2) is 6.61 Å². The zero-order valence-corrected chi connectivity index (χ0v) is 14.5. The number of nitrogens with one attached hydrogen (secondary N) is 1. The number of hydrogen-bond donors (Lipinski definition) is 1. The van der Waals surface area contributed by atoms with E-state index in [4.69, 9.17) is 26.3 Å². The molecule has 0 fully saturated rings. The minimum Gasteiger partial charge on any atom is -0.492 e. The number of nitriles is 1. The summed E-state index contributed by atoms with van der Waals surface area (Å²) in [7, 11) is 0. The van der Waals surface area contributed by atoms with Crippen molar-refractivity contribution in [2.24, 2.45) is 5.92 Å². The van der Waals surface area contributed by atoms with Crippen LogP contribution in [0, 0.1) is 17.2 Å². The van der Waals surface area contributed by atoms with Crippen LogP contribution >= 0.6 is 11.6 Å². The molecule has 26 heavy (non-hydrogen) atoms. The van der Waals surface area contributed by atoms with Crippen LogP contribution in [-0.2, 0) is 20.7 Å². The van der Waals surface area contributed by atoms with Crippen molar-refractivity contribution in [3.63, 3.8) is 0 Å². The van der Waals surface area contributed by atoms with Gasteiger partial charge in [-0.1, -0.05) is 23.7 Å². The van der Waals surface area contributed by atoms with Crippen molar-refractivity contribution in [1.29, 1.82) is 5.26 Å². The Hall–Kier alpha value is -3.04. The van der Waals surface area contributed by atoms with E-state index in [1.807, 2.05) is 6.07 Å². The molecule has 0 aliphatic carbocycles. The second-order valence-electron chi connectivity index (χ2n) is 5.78. The van der Waals surface area contributed by atoms with E-state index in [-0.39, 0.29) is 6.61 Å². The first-order chi connectivity index (χ1) is 12.6. The molecule has 0 saturated heterocycles. The summed E-state index contributed by atoms with van der Waals surface area (Å²) in [6.07, 6.45) is 0.438. The number of fused-ring (bicyclic) bond motifs is 1. The standard InChI is InChI=1S/C19H15ClN2O4/c20-15-5-6-17-13(8-15)7-14(10-25-17)19(24)26-11-18(23)22-16-4-2-1-3-12(16)9-21/h1-6,8,14H,7,10-11H2,(H,22,23)/t14-/m1/s1. The first-order valence-corrected chi connectivity index (χ1v) is 8.31. The van der Waals surface area contributed by atoms with Gasteiger partial charge in [-0.25, -0.2) is 0 Å². The van der Waals surface area contributed by atoms with Gasteiger partial charge in [-0.05, 0) is 42.3 Å². The minimum absolute atomic E-state index is 0.187. The molecule has 1 aliphatic heterocycles. The molecule has 1 aliphatic rings. The number of benzene rings is 2. The van der Waals surface area contributed by atoms with Gasteiger partial charge in [0.25, 0.3) is 5.91 Å². The number of ether oxygens (including phenoxy) is 2. The summed E-state index contributed by atoms with van der Waals surface area (Å²) in [6.45, 7) is -0.246. The highest BCUT2D eigenvalue weighted by molar-refractivity contribution is 6.30. The molecular weight excluding hydrogens is 356 g/mol. The molecule has 1 atom stereocenters. The second-order valence-corrected chi connectivity index (χ2v) is 6.21. The van der Waals surface area contributed by atoms with Gasteiger partial charge in [-0.2, -0.15) is 5.26 Å². The van der Waals surface area contributed by atoms with E-state index < -0.39 is 24.4 Å². The maximum atomic E-state index is 12.2. The average molecular weight is 371 g/mol. The Morgan fingerprint density at radius 2 is 2.12 bits per heavy atom. The molecule has 1 N–H and O–H groups in total. The third kappa shape index (κ3) is 4.13. The van der Waals surface area contributed by atoms with Crippen molar-refractivity contribution in [1.82, 2.24) is 0 Å². The average Bonchev–Trinajstić information content (AvgIpc) is 2.66. The summed E-state index contributed by atoms with van der Waals surface area (Å²) in [5, 5.41) is 12.1. The highest BCUT2D eigenvalue weighted by Crippen LogP contribution is 2.30. The molecule has 132 valence electrons. The topological polar surface area (TPSA) is 88.4 Å². The third-order valence-electron chi connectivity index (χ3n) is 3.93. The number of rotatable bonds is 4. The Labute approximate surface area is 155 Å². The normalized spacial score (nSPS) is 15.2. The molecule has 3 rings (SSSR count). The quantitative estimate of drug-likeness (QED) is 0.836. The van der Waals surface area contributed by atoms with Crippen LogP contribution in [0.1, 0.15) is 11.1 Å². The van der Waals surface area contributed by atoms with E-state index in [0.717, 1.165) is 5.56 Å². The number of nitrogens with zero attached hydrogens (tertiary/aromatic N) is 1. The molecule has 0 bridgehead atoms. The Bertz CT molecular complexity index is 891. The Morgan fingerprint density at radius 3 is 2.92 bits per heavy atom. The first-order valence-electron chi connectivity index (χ1n) is 7.93. The summed E-state index contributed by atoms with van der Waals surface area (Å²) in [5.41, 5.74) is 1.54. The van der Waals surface area contributed by atoms with E-state index in [1.165, 1.54) is 0 Å². The van der Waals surface area contributed by atoms with Gasteiger partial charge in [-0.15, -0.1) is 0 Å². The lowest BCUT2D eigenvalue weighted by atomic mass is 9.97. The largest absolute Gasteiger partial charge is 0.492 e. The first kappa shape index (κ1) is 17.8. The maximum Gasteiger partial charge on any atom is 0.313 e. The summed E-state index contributed by atoms with van der Waals surface area (Å²) in [6, 6.07) is 13.8. The van der Waals surface area contributed by atoms with Crippen molar-refractivity contribution < 1.29 is 19.1 Å². The van der Waals surface area contributed by atoms with E-state index in [1.54, 1.807) is 42.5 Å². The molecule has 0 saturated carbocycles. The van der Waals surface area contributed by atoms with Crippen molar-refractivity contribution in [3.05, 3.63) is 58.6 Å². The lowest BCUT2D eigenvalue weighted by molar-refractivity contribution is -0.152. The van der Waals surface area contributed by atoms with Crippen LogP contribution in [0.5, 0.6) is 5.75 Å². The summed E-state index contributed by atoms with van der Waals surface area (Å²) < 4.78 is 10.6. The predicted molar refractivity (Wildman–Crippen MR) is 94.9 cm³/mol. The van der Waals surface area contributed by atoms with Gasteiger partial charge in [0.1, 0.15) is 18.4 Å². The fourth-order valence-corrected chi connectivity index (χ4v) is 2.84. The van der Waals surface area contributed by atoms with E-state index in [9.17, 15) is 9.59 Å². The molecule has 0 aromatic heterocycles. The number of carbonyl (C=O) groups excluding carboxylic acids is 2. The van der Waals surface area contributed by atoms with Crippen LogP contribution in [0.15, 0.2) is 42.5 Å². The summed E-state index contributed by atoms with van der Waals surface area (Å²) >= 11 is 5.96. The molecule has 2 aromatic rings. The molecule has 0 radical (unpaired) electrons. The van der Waals surface area contributed by atoms with Crippen molar-refractivity contribution in [2.75, 3.05) is 18.5 Å². The molecule has 1 amide bonds. The molecule has 0 spiro atoms. The molecule has 6 nitrogen and oxygen atoms in total. The highest BCUT2D eigenvalue weighted by atomic mass is 35.5. The lowest BCUT2D eigenvalue weighted by Gasteiger charge is -2.24. The minimum atomic E-state index is -0.514. The van der Waals surface area contributed by atoms with E-state index >= 15 is 0 Å². The van der Waals surface area contributed by atoms with Crippen LogP contribution in [0.3, 0.4) is 0 Å². The van der Waals surface area contributed by atoms with Crippen molar-refractivity contribution in [3.8, 4) is 11.8 Å². The van der Waals surface area contributed by atoms with Gasteiger partial charge < -0.3 is 14.8 Å². The van der Waals surface area contributed by atoms with Crippen LogP contribution in [0.2, 0.25) is 5.02 Å².